The second-order valence-corrected chi connectivity index (χ2v) is 7.61. The summed E-state index contributed by atoms with van der Waals surface area (Å²) in [5.74, 6) is -0.130. The Balaban J connectivity index is 0. The molecule has 1 aliphatic rings. The fourth-order valence-corrected chi connectivity index (χ4v) is 2.62. The maximum atomic E-state index is 12.2. The number of carbonyl (C=O) groups is 1. The van der Waals surface area contributed by atoms with Crippen LogP contribution >= 0.6 is 37.2 Å². The monoisotopic (exact) mass is 426 g/mol. The van der Waals surface area contributed by atoms with E-state index in [4.69, 9.17) is 5.73 Å². The number of rotatable bonds is 4. The zero-order valence-electron chi connectivity index (χ0n) is 16.0. The molecule has 1 heterocycles. The van der Waals surface area contributed by atoms with Crippen molar-refractivity contribution in [1.29, 1.82) is 0 Å². The van der Waals surface area contributed by atoms with Gasteiger partial charge in [0.05, 0.1) is 6.04 Å². The van der Waals surface area contributed by atoms with Crippen LogP contribution in [-0.2, 0) is 11.3 Å². The fourth-order valence-electron chi connectivity index (χ4n) is 2.62. The van der Waals surface area contributed by atoms with Gasteiger partial charge in [-0.3, -0.25) is 9.69 Å². The SMILES string of the molecule is CN1CCN(Cc2cccc(NC(=O)[C@@H](N)C(C)(C)C)c2)CC1.Cl.Cl.Cl. The van der Waals surface area contributed by atoms with E-state index >= 15 is 0 Å². The average molecular weight is 428 g/mol. The van der Waals surface area contributed by atoms with Crippen LogP contribution in [0.5, 0.6) is 0 Å². The van der Waals surface area contributed by atoms with E-state index in [0.29, 0.717) is 0 Å². The van der Waals surface area contributed by atoms with Crippen molar-refractivity contribution in [1.82, 2.24) is 9.80 Å². The van der Waals surface area contributed by atoms with Gasteiger partial charge in [0.2, 0.25) is 5.91 Å². The normalized spacial score (nSPS) is 16.5. The molecule has 8 heteroatoms. The first-order valence-electron chi connectivity index (χ1n) is 8.32. The summed E-state index contributed by atoms with van der Waals surface area (Å²) in [5, 5.41) is 2.94. The highest BCUT2D eigenvalue weighted by Crippen LogP contribution is 2.20. The molecule has 1 aromatic rings. The number of benzene rings is 1. The molecule has 0 saturated carbocycles. The van der Waals surface area contributed by atoms with Gasteiger partial charge in [0.1, 0.15) is 0 Å². The summed E-state index contributed by atoms with van der Waals surface area (Å²) < 4.78 is 0. The van der Waals surface area contributed by atoms with Crippen LogP contribution in [0.3, 0.4) is 0 Å². The first-order valence-corrected chi connectivity index (χ1v) is 8.32. The van der Waals surface area contributed by atoms with Gasteiger partial charge in [-0.15, -0.1) is 37.2 Å². The first kappa shape index (κ1) is 27.7. The highest BCUT2D eigenvalue weighted by molar-refractivity contribution is 5.95. The van der Waals surface area contributed by atoms with Gasteiger partial charge in [-0.1, -0.05) is 32.9 Å². The lowest BCUT2D eigenvalue weighted by molar-refractivity contribution is -0.119. The summed E-state index contributed by atoms with van der Waals surface area (Å²) in [7, 11) is 2.16. The molecule has 1 fully saturated rings. The van der Waals surface area contributed by atoms with Crippen molar-refractivity contribution < 1.29 is 4.79 Å². The molecule has 26 heavy (non-hydrogen) atoms. The molecule has 0 aromatic heterocycles. The van der Waals surface area contributed by atoms with E-state index in [2.05, 4.69) is 28.2 Å². The summed E-state index contributed by atoms with van der Waals surface area (Å²) in [6.45, 7) is 11.2. The Hall–Kier alpha value is -0.560. The number of hydrogen-bond acceptors (Lipinski definition) is 4. The molecule has 5 nitrogen and oxygen atoms in total. The summed E-state index contributed by atoms with van der Waals surface area (Å²) >= 11 is 0. The minimum absolute atomic E-state index is 0. The van der Waals surface area contributed by atoms with E-state index in [9.17, 15) is 4.79 Å². The molecule has 0 aliphatic carbocycles. The fraction of sp³-hybridized carbons (Fsp3) is 0.611. The van der Waals surface area contributed by atoms with Gasteiger partial charge in [0.15, 0.2) is 0 Å². The van der Waals surface area contributed by atoms with Crippen molar-refractivity contribution in [2.24, 2.45) is 11.1 Å². The van der Waals surface area contributed by atoms with E-state index in [0.717, 1.165) is 38.4 Å². The summed E-state index contributed by atoms with van der Waals surface area (Å²) in [6.07, 6.45) is 0. The van der Waals surface area contributed by atoms with Crippen molar-refractivity contribution in [3.8, 4) is 0 Å². The minimum Gasteiger partial charge on any atom is -0.325 e. The number of anilines is 1. The van der Waals surface area contributed by atoms with Crippen LogP contribution in [0.15, 0.2) is 24.3 Å². The number of likely N-dealkylation sites (N-methyl/N-ethyl adjacent to an activating group) is 1. The molecular formula is C18H33Cl3N4O. The molecule has 1 atom stereocenters. The number of hydrogen-bond donors (Lipinski definition) is 2. The molecule has 0 bridgehead atoms. The van der Waals surface area contributed by atoms with E-state index in [1.165, 1.54) is 5.56 Å². The van der Waals surface area contributed by atoms with Crippen molar-refractivity contribution in [2.45, 2.75) is 33.4 Å². The van der Waals surface area contributed by atoms with Gasteiger partial charge in [0, 0.05) is 38.4 Å². The van der Waals surface area contributed by atoms with Gasteiger partial charge in [-0.25, -0.2) is 0 Å². The lowest BCUT2D eigenvalue weighted by Gasteiger charge is -2.32. The third kappa shape index (κ3) is 8.42. The van der Waals surface area contributed by atoms with Gasteiger partial charge in [0.25, 0.3) is 0 Å². The van der Waals surface area contributed by atoms with Crippen LogP contribution < -0.4 is 11.1 Å². The Morgan fingerprint density at radius 2 is 1.73 bits per heavy atom. The summed E-state index contributed by atoms with van der Waals surface area (Å²) in [4.78, 5) is 17.0. The standard InChI is InChI=1S/C18H30N4O.3ClH/c1-18(2,3)16(19)17(23)20-15-7-5-6-14(12-15)13-22-10-8-21(4)9-11-22;;;/h5-7,12,16H,8-11,13,19H2,1-4H3,(H,20,23);3*1H/t16-;;;/m1.../s1. The molecule has 0 radical (unpaired) electrons. The Morgan fingerprint density at radius 1 is 1.15 bits per heavy atom. The van der Waals surface area contributed by atoms with Crippen molar-refractivity contribution in [3.05, 3.63) is 29.8 Å². The number of carbonyl (C=O) groups excluding carboxylic acids is 1. The second kappa shape index (κ2) is 12.0. The topological polar surface area (TPSA) is 61.6 Å². The molecule has 0 spiro atoms. The quantitative estimate of drug-likeness (QED) is 0.775. The summed E-state index contributed by atoms with van der Waals surface area (Å²) in [5.41, 5.74) is 7.81. The van der Waals surface area contributed by atoms with Gasteiger partial charge in [-0.05, 0) is 30.2 Å². The zero-order chi connectivity index (χ0) is 17.0. The molecule has 2 rings (SSSR count). The molecule has 0 unspecified atom stereocenters. The Kier molecular flexibility index (Phi) is 12.8. The van der Waals surface area contributed by atoms with Crippen LogP contribution in [0.2, 0.25) is 0 Å². The molecule has 152 valence electrons. The van der Waals surface area contributed by atoms with E-state index in [1.807, 2.05) is 39.0 Å². The molecule has 3 N–H and O–H groups in total. The Labute approximate surface area is 176 Å². The zero-order valence-corrected chi connectivity index (χ0v) is 18.5. The van der Waals surface area contributed by atoms with Crippen LogP contribution in [0.25, 0.3) is 0 Å². The van der Waals surface area contributed by atoms with Crippen molar-refractivity contribution in [3.63, 3.8) is 0 Å². The number of amides is 1. The maximum Gasteiger partial charge on any atom is 0.241 e. The summed E-state index contributed by atoms with van der Waals surface area (Å²) in [6, 6.07) is 7.54. The Morgan fingerprint density at radius 3 is 2.27 bits per heavy atom. The van der Waals surface area contributed by atoms with E-state index in [-0.39, 0.29) is 48.5 Å². The van der Waals surface area contributed by atoms with Gasteiger partial charge < -0.3 is 16.0 Å². The lowest BCUT2D eigenvalue weighted by atomic mass is 9.87. The maximum absolute atomic E-state index is 12.2. The number of nitrogens with two attached hydrogens (primary N) is 1. The molecule has 1 aromatic carbocycles. The smallest absolute Gasteiger partial charge is 0.241 e. The lowest BCUT2D eigenvalue weighted by Crippen LogP contribution is -2.45. The van der Waals surface area contributed by atoms with E-state index < -0.39 is 6.04 Å². The number of halogens is 3. The molecule has 1 amide bonds. The van der Waals surface area contributed by atoms with E-state index in [1.54, 1.807) is 0 Å². The average Bonchev–Trinajstić information content (AvgIpc) is 2.48. The van der Waals surface area contributed by atoms with Crippen LogP contribution in [0.1, 0.15) is 26.3 Å². The predicted molar refractivity (Wildman–Crippen MR) is 117 cm³/mol. The minimum atomic E-state index is -0.524. The highest BCUT2D eigenvalue weighted by atomic mass is 35.5. The highest BCUT2D eigenvalue weighted by Gasteiger charge is 2.27. The predicted octanol–water partition coefficient (Wildman–Crippen LogP) is 3.01. The number of nitrogens with one attached hydrogen (secondary N) is 1. The third-order valence-electron chi connectivity index (χ3n) is 4.41. The van der Waals surface area contributed by atoms with Crippen LogP contribution in [0, 0.1) is 5.41 Å². The first-order chi connectivity index (χ1) is 10.8. The van der Waals surface area contributed by atoms with Crippen molar-refractivity contribution >= 4 is 48.8 Å². The van der Waals surface area contributed by atoms with Crippen LogP contribution in [-0.4, -0.2) is 55.0 Å². The number of nitrogens with zero attached hydrogens (tertiary/aromatic N) is 2. The third-order valence-corrected chi connectivity index (χ3v) is 4.41. The molecular weight excluding hydrogens is 395 g/mol. The largest absolute Gasteiger partial charge is 0.325 e. The van der Waals surface area contributed by atoms with Gasteiger partial charge in [-0.2, -0.15) is 0 Å². The number of piperazine rings is 1. The second-order valence-electron chi connectivity index (χ2n) is 7.61. The molecule has 1 saturated heterocycles. The van der Waals surface area contributed by atoms with Crippen LogP contribution in [0.4, 0.5) is 5.69 Å². The molecule has 1 aliphatic heterocycles. The van der Waals surface area contributed by atoms with Gasteiger partial charge >= 0.3 is 0 Å². The van der Waals surface area contributed by atoms with Crippen molar-refractivity contribution in [2.75, 3.05) is 38.5 Å². The Bertz CT molecular complexity index is 543.